The van der Waals surface area contributed by atoms with Crippen molar-refractivity contribution in [2.45, 2.75) is 26.3 Å². The molecular weight excluding hydrogens is 263 g/mol. The number of hydrogen-bond acceptors (Lipinski definition) is 2. The molecule has 21 heavy (non-hydrogen) atoms. The van der Waals surface area contributed by atoms with Crippen molar-refractivity contribution in [3.05, 3.63) is 59.4 Å². The zero-order valence-corrected chi connectivity index (χ0v) is 12.4. The fraction of sp³-hybridized carbons (Fsp3) is 0.333. The summed E-state index contributed by atoms with van der Waals surface area (Å²) in [6.45, 7) is 4.85. The zero-order valence-electron chi connectivity index (χ0n) is 12.4. The molecule has 1 aliphatic heterocycles. The van der Waals surface area contributed by atoms with E-state index in [9.17, 15) is 4.39 Å². The Balaban J connectivity index is 1.64. The third kappa shape index (κ3) is 3.18. The van der Waals surface area contributed by atoms with E-state index in [1.807, 2.05) is 6.07 Å². The van der Waals surface area contributed by atoms with Crippen LogP contribution < -0.4 is 10.2 Å². The smallest absolute Gasteiger partial charge is 0.128 e. The van der Waals surface area contributed by atoms with Gasteiger partial charge < -0.3 is 10.2 Å². The molecule has 3 rings (SSSR count). The summed E-state index contributed by atoms with van der Waals surface area (Å²) in [5.41, 5.74) is 4.05. The lowest BCUT2D eigenvalue weighted by molar-refractivity contribution is 0.619. The summed E-state index contributed by atoms with van der Waals surface area (Å²) in [6, 6.07) is 13.8. The number of benzene rings is 2. The van der Waals surface area contributed by atoms with E-state index in [0.29, 0.717) is 12.1 Å². The maximum Gasteiger partial charge on any atom is 0.128 e. The molecule has 110 valence electrons. The highest BCUT2D eigenvalue weighted by Gasteiger charge is 2.11. The first-order chi connectivity index (χ1) is 10.2. The van der Waals surface area contributed by atoms with E-state index >= 15 is 0 Å². The fourth-order valence-electron chi connectivity index (χ4n) is 2.80. The molecule has 1 saturated heterocycles. The van der Waals surface area contributed by atoms with Gasteiger partial charge in [-0.25, -0.2) is 4.39 Å². The van der Waals surface area contributed by atoms with Crippen LogP contribution in [0.25, 0.3) is 0 Å². The Bertz CT molecular complexity index is 601. The van der Waals surface area contributed by atoms with E-state index in [-0.39, 0.29) is 5.82 Å². The van der Waals surface area contributed by atoms with Crippen molar-refractivity contribution < 1.29 is 4.39 Å². The lowest BCUT2D eigenvalue weighted by atomic mass is 10.1. The summed E-state index contributed by atoms with van der Waals surface area (Å²) < 4.78 is 13.5. The summed E-state index contributed by atoms with van der Waals surface area (Å²) in [4.78, 5) is 2.42. The Morgan fingerprint density at radius 1 is 1.05 bits per heavy atom. The quantitative estimate of drug-likeness (QED) is 0.898. The molecule has 1 N–H and O–H groups in total. The Morgan fingerprint density at radius 3 is 2.48 bits per heavy atom. The molecule has 0 spiro atoms. The van der Waals surface area contributed by atoms with E-state index < -0.39 is 0 Å². The van der Waals surface area contributed by atoms with Gasteiger partial charge in [0.15, 0.2) is 0 Å². The molecule has 0 radical (unpaired) electrons. The lowest BCUT2D eigenvalue weighted by Gasteiger charge is -2.18. The standard InChI is InChI=1S/C18H21FN2/c1-14-17(19)5-4-6-18(14)20-13-15-7-9-16(10-8-15)21-11-2-3-12-21/h4-10,20H,2-3,11-13H2,1H3. The van der Waals surface area contributed by atoms with Crippen LogP contribution in [0.2, 0.25) is 0 Å². The van der Waals surface area contributed by atoms with Crippen LogP contribution in [0.15, 0.2) is 42.5 Å². The van der Waals surface area contributed by atoms with Crippen molar-refractivity contribution in [3.63, 3.8) is 0 Å². The van der Waals surface area contributed by atoms with Crippen LogP contribution >= 0.6 is 0 Å². The predicted octanol–water partition coefficient (Wildman–Crippen LogP) is 4.35. The molecule has 0 aromatic heterocycles. The highest BCUT2D eigenvalue weighted by Crippen LogP contribution is 2.22. The molecule has 2 aromatic carbocycles. The van der Waals surface area contributed by atoms with Gasteiger partial charge in [0.05, 0.1) is 0 Å². The van der Waals surface area contributed by atoms with Gasteiger partial charge in [-0.2, -0.15) is 0 Å². The van der Waals surface area contributed by atoms with Gasteiger partial charge in [0.2, 0.25) is 0 Å². The van der Waals surface area contributed by atoms with E-state index in [1.165, 1.54) is 43.2 Å². The van der Waals surface area contributed by atoms with Gasteiger partial charge in [-0.15, -0.1) is 0 Å². The van der Waals surface area contributed by atoms with Crippen molar-refractivity contribution in [2.75, 3.05) is 23.3 Å². The van der Waals surface area contributed by atoms with E-state index in [1.54, 1.807) is 13.0 Å². The van der Waals surface area contributed by atoms with E-state index in [2.05, 4.69) is 34.5 Å². The molecule has 1 fully saturated rings. The second kappa shape index (κ2) is 6.17. The van der Waals surface area contributed by atoms with Crippen LogP contribution in [0.3, 0.4) is 0 Å². The topological polar surface area (TPSA) is 15.3 Å². The Hall–Kier alpha value is -2.03. The van der Waals surface area contributed by atoms with Crippen molar-refractivity contribution in [2.24, 2.45) is 0 Å². The molecule has 1 aliphatic rings. The summed E-state index contributed by atoms with van der Waals surface area (Å²) >= 11 is 0. The third-order valence-electron chi connectivity index (χ3n) is 4.16. The first-order valence-corrected chi connectivity index (χ1v) is 7.57. The monoisotopic (exact) mass is 284 g/mol. The first-order valence-electron chi connectivity index (χ1n) is 7.57. The number of anilines is 2. The predicted molar refractivity (Wildman–Crippen MR) is 86.4 cm³/mol. The number of hydrogen-bond donors (Lipinski definition) is 1. The SMILES string of the molecule is Cc1c(F)cccc1NCc1ccc(N2CCCC2)cc1. The van der Waals surface area contributed by atoms with Crippen LogP contribution in [0.4, 0.5) is 15.8 Å². The number of halogens is 1. The lowest BCUT2D eigenvalue weighted by Crippen LogP contribution is -2.17. The van der Waals surface area contributed by atoms with Crippen LogP contribution in [0.1, 0.15) is 24.0 Å². The number of nitrogens with one attached hydrogen (secondary N) is 1. The van der Waals surface area contributed by atoms with Gasteiger partial charge in [-0.1, -0.05) is 18.2 Å². The van der Waals surface area contributed by atoms with E-state index in [0.717, 1.165) is 5.69 Å². The van der Waals surface area contributed by atoms with Gasteiger partial charge in [-0.05, 0) is 49.6 Å². The Morgan fingerprint density at radius 2 is 1.76 bits per heavy atom. The summed E-state index contributed by atoms with van der Waals surface area (Å²) in [5, 5.41) is 3.31. The Labute approximate surface area is 125 Å². The molecule has 3 heteroatoms. The van der Waals surface area contributed by atoms with Gasteiger partial charge in [0.1, 0.15) is 5.82 Å². The molecule has 0 atom stereocenters. The van der Waals surface area contributed by atoms with Gasteiger partial charge in [0, 0.05) is 36.6 Å². The van der Waals surface area contributed by atoms with Crippen LogP contribution in [0, 0.1) is 12.7 Å². The molecule has 2 aromatic rings. The van der Waals surface area contributed by atoms with Crippen molar-refractivity contribution >= 4 is 11.4 Å². The number of rotatable bonds is 4. The van der Waals surface area contributed by atoms with Crippen LogP contribution in [-0.4, -0.2) is 13.1 Å². The second-order valence-electron chi connectivity index (χ2n) is 5.63. The maximum atomic E-state index is 13.5. The molecule has 2 nitrogen and oxygen atoms in total. The minimum absolute atomic E-state index is 0.163. The van der Waals surface area contributed by atoms with Gasteiger partial charge in [0.25, 0.3) is 0 Å². The van der Waals surface area contributed by atoms with Crippen LogP contribution in [-0.2, 0) is 6.54 Å². The zero-order chi connectivity index (χ0) is 14.7. The van der Waals surface area contributed by atoms with E-state index in [4.69, 9.17) is 0 Å². The summed E-state index contributed by atoms with van der Waals surface area (Å²) in [7, 11) is 0. The highest BCUT2D eigenvalue weighted by atomic mass is 19.1. The third-order valence-corrected chi connectivity index (χ3v) is 4.16. The molecular formula is C18H21FN2. The molecule has 0 aliphatic carbocycles. The van der Waals surface area contributed by atoms with Gasteiger partial charge in [-0.3, -0.25) is 0 Å². The average Bonchev–Trinajstić information content (AvgIpc) is 3.04. The molecule has 0 amide bonds. The summed E-state index contributed by atoms with van der Waals surface area (Å²) in [6.07, 6.45) is 2.59. The van der Waals surface area contributed by atoms with Gasteiger partial charge >= 0.3 is 0 Å². The largest absolute Gasteiger partial charge is 0.381 e. The minimum atomic E-state index is -0.163. The first kappa shape index (κ1) is 13.9. The summed E-state index contributed by atoms with van der Waals surface area (Å²) in [5.74, 6) is -0.163. The molecule has 1 heterocycles. The molecule has 0 saturated carbocycles. The van der Waals surface area contributed by atoms with Crippen LogP contribution in [0.5, 0.6) is 0 Å². The average molecular weight is 284 g/mol. The Kier molecular flexibility index (Phi) is 4.09. The van der Waals surface area contributed by atoms with Crippen molar-refractivity contribution in [3.8, 4) is 0 Å². The second-order valence-corrected chi connectivity index (χ2v) is 5.63. The molecule has 0 unspecified atom stereocenters. The fourth-order valence-corrected chi connectivity index (χ4v) is 2.80. The van der Waals surface area contributed by atoms with Crippen molar-refractivity contribution in [1.29, 1.82) is 0 Å². The highest BCUT2D eigenvalue weighted by molar-refractivity contribution is 5.52. The minimum Gasteiger partial charge on any atom is -0.381 e. The maximum absolute atomic E-state index is 13.5. The number of nitrogens with zero attached hydrogens (tertiary/aromatic N) is 1. The molecule has 0 bridgehead atoms. The van der Waals surface area contributed by atoms with Crippen molar-refractivity contribution in [1.82, 2.24) is 0 Å². The normalized spacial score (nSPS) is 14.5.